The highest BCUT2D eigenvalue weighted by atomic mass is 79.9. The summed E-state index contributed by atoms with van der Waals surface area (Å²) in [4.78, 5) is 11.9. The zero-order chi connectivity index (χ0) is 17.4. The zero-order valence-electron chi connectivity index (χ0n) is 13.7. The molecule has 5 nitrogen and oxygen atoms in total. The number of methoxy groups -OCH3 is 2. The van der Waals surface area contributed by atoms with Crippen LogP contribution in [0.5, 0.6) is 17.2 Å². The molecule has 2 aromatic rings. The lowest BCUT2D eigenvalue weighted by Crippen LogP contribution is -2.29. The molecule has 128 valence electrons. The summed E-state index contributed by atoms with van der Waals surface area (Å²) in [5.41, 5.74) is 0.952. The summed E-state index contributed by atoms with van der Waals surface area (Å²) < 4.78 is 16.9. The van der Waals surface area contributed by atoms with E-state index in [4.69, 9.17) is 14.2 Å². The Labute approximate surface area is 150 Å². The van der Waals surface area contributed by atoms with E-state index in [1.54, 1.807) is 32.4 Å². The van der Waals surface area contributed by atoms with Crippen LogP contribution in [0.25, 0.3) is 0 Å². The first-order valence-electron chi connectivity index (χ1n) is 7.48. The van der Waals surface area contributed by atoms with Crippen molar-refractivity contribution >= 4 is 21.8 Å². The van der Waals surface area contributed by atoms with Crippen LogP contribution in [0.3, 0.4) is 0 Å². The summed E-state index contributed by atoms with van der Waals surface area (Å²) in [7, 11) is 3.17. The van der Waals surface area contributed by atoms with Crippen LogP contribution in [0.4, 0.5) is 0 Å². The van der Waals surface area contributed by atoms with Gasteiger partial charge in [-0.2, -0.15) is 0 Å². The molecular formula is C18H20BrNO4. The topological polar surface area (TPSA) is 56.8 Å². The van der Waals surface area contributed by atoms with Crippen molar-refractivity contribution in [3.05, 3.63) is 52.5 Å². The molecule has 0 fully saturated rings. The number of halogens is 1. The van der Waals surface area contributed by atoms with E-state index >= 15 is 0 Å². The van der Waals surface area contributed by atoms with Gasteiger partial charge in [-0.25, -0.2) is 0 Å². The molecule has 1 amide bonds. The first-order chi connectivity index (χ1) is 11.6. The lowest BCUT2D eigenvalue weighted by atomic mass is 10.1. The fourth-order valence-corrected chi connectivity index (χ4v) is 2.53. The van der Waals surface area contributed by atoms with E-state index in [1.807, 2.05) is 24.3 Å². The highest BCUT2D eigenvalue weighted by Gasteiger charge is 2.06. The summed E-state index contributed by atoms with van der Waals surface area (Å²) in [5.74, 6) is 1.89. The molecule has 0 saturated heterocycles. The van der Waals surface area contributed by atoms with Crippen molar-refractivity contribution in [3.8, 4) is 17.2 Å². The van der Waals surface area contributed by atoms with Gasteiger partial charge in [0.15, 0.2) is 0 Å². The summed E-state index contributed by atoms with van der Waals surface area (Å²) in [6.07, 6.45) is 0.328. The second-order valence-corrected chi connectivity index (χ2v) is 5.87. The van der Waals surface area contributed by atoms with Gasteiger partial charge in [0, 0.05) is 22.7 Å². The molecule has 0 unspecified atom stereocenters. The number of carbonyl (C=O) groups is 1. The van der Waals surface area contributed by atoms with Gasteiger partial charge in [-0.15, -0.1) is 0 Å². The van der Waals surface area contributed by atoms with Gasteiger partial charge in [0.05, 0.1) is 27.2 Å². The van der Waals surface area contributed by atoms with Crippen LogP contribution in [0, 0.1) is 0 Å². The van der Waals surface area contributed by atoms with Crippen molar-refractivity contribution in [1.29, 1.82) is 0 Å². The Morgan fingerprint density at radius 3 is 2.29 bits per heavy atom. The van der Waals surface area contributed by atoms with Crippen LogP contribution in [-0.4, -0.2) is 33.3 Å². The third kappa shape index (κ3) is 5.45. The maximum absolute atomic E-state index is 11.9. The van der Waals surface area contributed by atoms with E-state index in [0.717, 1.165) is 10.0 Å². The molecule has 0 aromatic heterocycles. The molecule has 0 spiro atoms. The van der Waals surface area contributed by atoms with Crippen molar-refractivity contribution in [2.75, 3.05) is 27.4 Å². The summed E-state index contributed by atoms with van der Waals surface area (Å²) in [5, 5.41) is 2.84. The van der Waals surface area contributed by atoms with Gasteiger partial charge in [0.1, 0.15) is 23.9 Å². The fraction of sp³-hybridized carbons (Fsp3) is 0.278. The molecule has 0 bridgehead atoms. The second-order valence-electron chi connectivity index (χ2n) is 5.01. The number of ether oxygens (including phenoxy) is 3. The minimum absolute atomic E-state index is 0.0475. The Balaban J connectivity index is 1.78. The number of hydrogen-bond acceptors (Lipinski definition) is 4. The normalized spacial score (nSPS) is 10.1. The van der Waals surface area contributed by atoms with Crippen molar-refractivity contribution in [1.82, 2.24) is 5.32 Å². The molecule has 0 aliphatic carbocycles. The maximum Gasteiger partial charge on any atom is 0.224 e. The molecular weight excluding hydrogens is 374 g/mol. The van der Waals surface area contributed by atoms with Gasteiger partial charge in [-0.05, 0) is 11.6 Å². The van der Waals surface area contributed by atoms with Crippen LogP contribution in [0.1, 0.15) is 5.56 Å². The van der Waals surface area contributed by atoms with Crippen LogP contribution in [0.2, 0.25) is 0 Å². The molecule has 0 heterocycles. The Morgan fingerprint density at radius 2 is 1.67 bits per heavy atom. The first kappa shape index (κ1) is 18.1. The van der Waals surface area contributed by atoms with Gasteiger partial charge < -0.3 is 19.5 Å². The van der Waals surface area contributed by atoms with E-state index in [9.17, 15) is 4.79 Å². The lowest BCUT2D eigenvalue weighted by Gasteiger charge is -2.11. The van der Waals surface area contributed by atoms with Crippen LogP contribution >= 0.6 is 15.9 Å². The van der Waals surface area contributed by atoms with Crippen LogP contribution in [0.15, 0.2) is 46.9 Å². The third-order valence-corrected chi connectivity index (χ3v) is 4.10. The molecule has 1 N–H and O–H groups in total. The average Bonchev–Trinajstić information content (AvgIpc) is 2.60. The standard InChI is InChI=1S/C18H20BrNO4/c1-22-14-10-15(23-2)12-16(11-14)24-8-7-20-18(21)9-13-5-3-4-6-17(13)19/h3-6,10-12H,7-9H2,1-2H3,(H,20,21). The fourth-order valence-electron chi connectivity index (χ4n) is 2.10. The number of amides is 1. The van der Waals surface area contributed by atoms with Crippen molar-refractivity contribution in [2.45, 2.75) is 6.42 Å². The smallest absolute Gasteiger partial charge is 0.224 e. The minimum atomic E-state index is -0.0475. The minimum Gasteiger partial charge on any atom is -0.496 e. The summed E-state index contributed by atoms with van der Waals surface area (Å²) in [6, 6.07) is 13.0. The molecule has 2 rings (SSSR count). The third-order valence-electron chi connectivity index (χ3n) is 3.33. The number of benzene rings is 2. The largest absolute Gasteiger partial charge is 0.496 e. The molecule has 0 saturated carbocycles. The molecule has 24 heavy (non-hydrogen) atoms. The summed E-state index contributed by atoms with van der Waals surface area (Å²) in [6.45, 7) is 0.779. The Kier molecular flexibility index (Phi) is 6.93. The van der Waals surface area contributed by atoms with Gasteiger partial charge in [0.2, 0.25) is 5.91 Å². The highest BCUT2D eigenvalue weighted by molar-refractivity contribution is 9.10. The number of carbonyl (C=O) groups excluding carboxylic acids is 1. The van der Waals surface area contributed by atoms with E-state index in [1.165, 1.54) is 0 Å². The van der Waals surface area contributed by atoms with E-state index in [2.05, 4.69) is 21.2 Å². The maximum atomic E-state index is 11.9. The molecule has 0 radical (unpaired) electrons. The molecule has 6 heteroatoms. The van der Waals surface area contributed by atoms with Gasteiger partial charge >= 0.3 is 0 Å². The molecule has 0 atom stereocenters. The SMILES string of the molecule is COc1cc(OC)cc(OCCNC(=O)Cc2ccccc2Br)c1. The number of nitrogens with one attached hydrogen (secondary N) is 1. The van der Waals surface area contributed by atoms with E-state index < -0.39 is 0 Å². The van der Waals surface area contributed by atoms with Crippen molar-refractivity contribution < 1.29 is 19.0 Å². The predicted molar refractivity (Wildman–Crippen MR) is 95.9 cm³/mol. The van der Waals surface area contributed by atoms with Gasteiger partial charge in [0.25, 0.3) is 0 Å². The summed E-state index contributed by atoms with van der Waals surface area (Å²) >= 11 is 3.44. The van der Waals surface area contributed by atoms with E-state index in [0.29, 0.717) is 36.8 Å². The Hall–Kier alpha value is -2.21. The quantitative estimate of drug-likeness (QED) is 0.699. The Bertz CT molecular complexity index is 668. The van der Waals surface area contributed by atoms with Gasteiger partial charge in [-0.1, -0.05) is 34.1 Å². The van der Waals surface area contributed by atoms with Gasteiger partial charge in [-0.3, -0.25) is 4.79 Å². The second kappa shape index (κ2) is 9.17. The van der Waals surface area contributed by atoms with Crippen LogP contribution < -0.4 is 19.5 Å². The first-order valence-corrected chi connectivity index (χ1v) is 8.27. The molecule has 2 aromatic carbocycles. The predicted octanol–water partition coefficient (Wildman–Crippen LogP) is 3.20. The average molecular weight is 394 g/mol. The Morgan fingerprint density at radius 1 is 1.04 bits per heavy atom. The lowest BCUT2D eigenvalue weighted by molar-refractivity contribution is -0.120. The van der Waals surface area contributed by atoms with E-state index in [-0.39, 0.29) is 5.91 Å². The number of rotatable bonds is 8. The number of hydrogen-bond donors (Lipinski definition) is 1. The highest BCUT2D eigenvalue weighted by Crippen LogP contribution is 2.27. The van der Waals surface area contributed by atoms with Crippen molar-refractivity contribution in [3.63, 3.8) is 0 Å². The van der Waals surface area contributed by atoms with Crippen LogP contribution in [-0.2, 0) is 11.2 Å². The molecule has 0 aliphatic rings. The molecule has 0 aliphatic heterocycles. The monoisotopic (exact) mass is 393 g/mol. The zero-order valence-corrected chi connectivity index (χ0v) is 15.3. The van der Waals surface area contributed by atoms with Crippen molar-refractivity contribution in [2.24, 2.45) is 0 Å².